The van der Waals surface area contributed by atoms with Crippen LogP contribution in [-0.2, 0) is 11.8 Å². The minimum Gasteiger partial charge on any atom is -0.462 e. The number of rotatable bonds is 5. The Morgan fingerprint density at radius 1 is 1.42 bits per heavy atom. The molecule has 2 aromatic heterocycles. The number of carbonyl (C=O) groups excluding carboxylic acids is 1. The predicted molar refractivity (Wildman–Crippen MR) is 92.3 cm³/mol. The fourth-order valence-corrected chi connectivity index (χ4v) is 2.92. The molecule has 3 heterocycles. The van der Waals surface area contributed by atoms with Gasteiger partial charge in [-0.3, -0.25) is 4.68 Å². The van der Waals surface area contributed by atoms with E-state index in [9.17, 15) is 4.79 Å². The molecule has 0 amide bonds. The molecule has 0 radical (unpaired) electrons. The minimum absolute atomic E-state index is 0.319. The quantitative estimate of drug-likeness (QED) is 0.847. The topological polar surface area (TPSA) is 72.3 Å². The Labute approximate surface area is 141 Å². The molecule has 7 nitrogen and oxygen atoms in total. The monoisotopic (exact) mass is 329 g/mol. The van der Waals surface area contributed by atoms with Crippen LogP contribution in [0.2, 0.25) is 0 Å². The number of ether oxygens (including phenoxy) is 1. The van der Waals surface area contributed by atoms with Gasteiger partial charge in [-0.05, 0) is 31.9 Å². The van der Waals surface area contributed by atoms with E-state index in [1.54, 1.807) is 19.2 Å². The average molecular weight is 329 g/mol. The minimum atomic E-state index is -0.336. The second kappa shape index (κ2) is 7.33. The van der Waals surface area contributed by atoms with Crippen molar-refractivity contribution in [1.82, 2.24) is 14.8 Å². The number of aromatic nitrogens is 3. The Morgan fingerprint density at radius 2 is 2.29 bits per heavy atom. The van der Waals surface area contributed by atoms with Crippen LogP contribution in [0.15, 0.2) is 30.7 Å². The molecule has 0 aromatic carbocycles. The molecule has 1 N–H and O–H groups in total. The van der Waals surface area contributed by atoms with E-state index in [-0.39, 0.29) is 5.97 Å². The highest BCUT2D eigenvalue weighted by molar-refractivity contribution is 5.89. The van der Waals surface area contributed by atoms with Gasteiger partial charge in [0.1, 0.15) is 5.82 Å². The number of hydrogen-bond acceptors (Lipinski definition) is 6. The number of nitrogens with one attached hydrogen (secondary N) is 1. The molecule has 0 saturated carbocycles. The molecule has 7 heteroatoms. The fourth-order valence-electron chi connectivity index (χ4n) is 2.92. The fraction of sp³-hybridized carbons (Fsp3) is 0.471. The highest BCUT2D eigenvalue weighted by Crippen LogP contribution is 2.21. The Kier molecular flexibility index (Phi) is 4.98. The first-order valence-electron chi connectivity index (χ1n) is 8.29. The molecule has 1 atom stereocenters. The first kappa shape index (κ1) is 16.3. The van der Waals surface area contributed by atoms with Crippen molar-refractivity contribution < 1.29 is 9.53 Å². The van der Waals surface area contributed by atoms with Gasteiger partial charge in [-0.2, -0.15) is 5.10 Å². The number of aryl methyl sites for hydroxylation is 1. The van der Waals surface area contributed by atoms with E-state index in [1.807, 2.05) is 30.2 Å². The van der Waals surface area contributed by atoms with E-state index in [0.717, 1.165) is 37.4 Å². The summed E-state index contributed by atoms with van der Waals surface area (Å²) < 4.78 is 6.79. The second-order valence-corrected chi connectivity index (χ2v) is 5.95. The first-order chi connectivity index (χ1) is 11.7. The number of carbonyl (C=O) groups is 1. The maximum Gasteiger partial charge on any atom is 0.339 e. The van der Waals surface area contributed by atoms with Crippen LogP contribution in [0.4, 0.5) is 11.5 Å². The summed E-state index contributed by atoms with van der Waals surface area (Å²) >= 11 is 0. The van der Waals surface area contributed by atoms with Crippen LogP contribution < -0.4 is 10.2 Å². The summed E-state index contributed by atoms with van der Waals surface area (Å²) in [5.41, 5.74) is 1.62. The number of hydrogen-bond donors (Lipinski definition) is 1. The van der Waals surface area contributed by atoms with Crippen LogP contribution in [0.1, 0.15) is 30.1 Å². The Hall–Kier alpha value is -2.57. The van der Waals surface area contributed by atoms with Gasteiger partial charge in [0.15, 0.2) is 0 Å². The van der Waals surface area contributed by atoms with E-state index in [1.165, 1.54) is 0 Å². The largest absolute Gasteiger partial charge is 0.462 e. The highest BCUT2D eigenvalue weighted by Gasteiger charge is 2.21. The average Bonchev–Trinajstić information content (AvgIpc) is 3.03. The van der Waals surface area contributed by atoms with Gasteiger partial charge in [0.05, 0.1) is 24.1 Å². The molecule has 3 rings (SSSR count). The number of esters is 1. The van der Waals surface area contributed by atoms with E-state index in [2.05, 4.69) is 20.3 Å². The van der Waals surface area contributed by atoms with Gasteiger partial charge in [0.25, 0.3) is 0 Å². The van der Waals surface area contributed by atoms with Crippen molar-refractivity contribution in [3.8, 4) is 0 Å². The van der Waals surface area contributed by atoms with E-state index in [4.69, 9.17) is 4.74 Å². The van der Waals surface area contributed by atoms with Gasteiger partial charge in [0, 0.05) is 38.6 Å². The van der Waals surface area contributed by atoms with Crippen LogP contribution in [0.3, 0.4) is 0 Å². The Morgan fingerprint density at radius 3 is 2.96 bits per heavy atom. The molecule has 0 aliphatic carbocycles. The number of piperidine rings is 1. The van der Waals surface area contributed by atoms with E-state index < -0.39 is 0 Å². The molecule has 1 aliphatic heterocycles. The summed E-state index contributed by atoms with van der Waals surface area (Å²) in [6.45, 7) is 4.11. The smallest absolute Gasteiger partial charge is 0.339 e. The van der Waals surface area contributed by atoms with Gasteiger partial charge in [-0.25, -0.2) is 9.78 Å². The third-order valence-electron chi connectivity index (χ3n) is 4.10. The SMILES string of the molecule is CCOC(=O)c1ccc(NC2CCCN(c3cnn(C)c3)C2)nc1. The predicted octanol–water partition coefficient (Wildman–Crippen LogP) is 2.07. The molecule has 1 aliphatic rings. The normalized spacial score (nSPS) is 17.6. The lowest BCUT2D eigenvalue weighted by atomic mass is 10.1. The van der Waals surface area contributed by atoms with Gasteiger partial charge >= 0.3 is 5.97 Å². The van der Waals surface area contributed by atoms with Crippen molar-refractivity contribution in [2.75, 3.05) is 29.9 Å². The van der Waals surface area contributed by atoms with Crippen molar-refractivity contribution >= 4 is 17.5 Å². The van der Waals surface area contributed by atoms with Crippen LogP contribution in [-0.4, -0.2) is 46.5 Å². The third kappa shape index (κ3) is 3.84. The lowest BCUT2D eigenvalue weighted by Gasteiger charge is -2.34. The number of pyridine rings is 1. The molecule has 0 spiro atoms. The summed E-state index contributed by atoms with van der Waals surface area (Å²) in [5.74, 6) is 0.443. The summed E-state index contributed by atoms with van der Waals surface area (Å²) in [4.78, 5) is 18.3. The molecule has 2 aromatic rings. The van der Waals surface area contributed by atoms with Crippen LogP contribution in [0, 0.1) is 0 Å². The van der Waals surface area contributed by atoms with Crippen molar-refractivity contribution in [3.63, 3.8) is 0 Å². The molecular weight excluding hydrogens is 306 g/mol. The number of nitrogens with zero attached hydrogens (tertiary/aromatic N) is 4. The lowest BCUT2D eigenvalue weighted by molar-refractivity contribution is 0.0526. The van der Waals surface area contributed by atoms with Gasteiger partial charge < -0.3 is 15.0 Å². The molecule has 24 heavy (non-hydrogen) atoms. The van der Waals surface area contributed by atoms with E-state index >= 15 is 0 Å². The van der Waals surface area contributed by atoms with Crippen molar-refractivity contribution in [2.45, 2.75) is 25.8 Å². The van der Waals surface area contributed by atoms with Crippen LogP contribution in [0.25, 0.3) is 0 Å². The van der Waals surface area contributed by atoms with Crippen molar-refractivity contribution in [1.29, 1.82) is 0 Å². The molecule has 1 saturated heterocycles. The number of anilines is 2. The highest BCUT2D eigenvalue weighted by atomic mass is 16.5. The zero-order chi connectivity index (χ0) is 16.9. The second-order valence-electron chi connectivity index (χ2n) is 5.95. The molecule has 128 valence electrons. The maximum absolute atomic E-state index is 11.7. The Bertz CT molecular complexity index is 683. The van der Waals surface area contributed by atoms with Crippen LogP contribution >= 0.6 is 0 Å². The van der Waals surface area contributed by atoms with E-state index in [0.29, 0.717) is 18.2 Å². The zero-order valence-corrected chi connectivity index (χ0v) is 14.1. The Balaban J connectivity index is 1.60. The third-order valence-corrected chi connectivity index (χ3v) is 4.10. The zero-order valence-electron chi connectivity index (χ0n) is 14.1. The van der Waals surface area contributed by atoms with Crippen molar-refractivity contribution in [2.24, 2.45) is 7.05 Å². The summed E-state index contributed by atoms with van der Waals surface area (Å²) in [7, 11) is 1.93. The van der Waals surface area contributed by atoms with Gasteiger partial charge in [-0.1, -0.05) is 0 Å². The maximum atomic E-state index is 11.7. The van der Waals surface area contributed by atoms with Crippen LogP contribution in [0.5, 0.6) is 0 Å². The molecule has 0 bridgehead atoms. The van der Waals surface area contributed by atoms with Gasteiger partial charge in [-0.15, -0.1) is 0 Å². The first-order valence-corrected chi connectivity index (χ1v) is 8.29. The molecule has 1 unspecified atom stereocenters. The lowest BCUT2D eigenvalue weighted by Crippen LogP contribution is -2.42. The van der Waals surface area contributed by atoms with Crippen molar-refractivity contribution in [3.05, 3.63) is 36.3 Å². The van der Waals surface area contributed by atoms with Gasteiger partial charge in [0.2, 0.25) is 0 Å². The molecular formula is C17H23N5O2. The molecule has 1 fully saturated rings. The summed E-state index contributed by atoms with van der Waals surface area (Å²) in [6.07, 6.45) is 7.71. The summed E-state index contributed by atoms with van der Waals surface area (Å²) in [6, 6.07) is 3.89. The standard InChI is InChI=1S/C17H23N5O2/c1-3-24-17(23)13-6-7-16(18-9-13)20-14-5-4-8-22(11-14)15-10-19-21(2)12-15/h6-7,9-10,12,14H,3-5,8,11H2,1-2H3,(H,18,20). The summed E-state index contributed by atoms with van der Waals surface area (Å²) in [5, 5.41) is 7.69.